The zero-order valence-electron chi connectivity index (χ0n) is 40.4. The Morgan fingerprint density at radius 1 is 0.853 bits per heavy atom. The van der Waals surface area contributed by atoms with Gasteiger partial charge in [0.2, 0.25) is 0 Å². The Morgan fingerprint density at radius 2 is 1.47 bits per heavy atom. The van der Waals surface area contributed by atoms with Gasteiger partial charge in [-0.1, -0.05) is 45.6 Å². The molecule has 16 nitrogen and oxygen atoms in total. The molecular formula is C51H64N4O12Si. The molecule has 0 radical (unpaired) electrons. The van der Waals surface area contributed by atoms with E-state index in [2.05, 4.69) is 40.4 Å². The van der Waals surface area contributed by atoms with E-state index in [0.717, 1.165) is 29.7 Å². The Morgan fingerprint density at radius 3 is 2.03 bits per heavy atom. The molecule has 3 aromatic rings. The molecule has 364 valence electrons. The molecule has 4 heterocycles. The normalized spacial score (nSPS) is 20.4. The summed E-state index contributed by atoms with van der Waals surface area (Å²) in [6, 6.07) is 13.3. The molecular weight excluding hydrogens is 889 g/mol. The number of carbonyl (C=O) groups is 4. The van der Waals surface area contributed by atoms with E-state index in [4.69, 9.17) is 32.8 Å². The predicted molar refractivity (Wildman–Crippen MR) is 259 cm³/mol. The van der Waals surface area contributed by atoms with Gasteiger partial charge in [-0.2, -0.15) is 0 Å². The Balaban J connectivity index is 0.954. The molecule has 1 spiro atoms. The van der Waals surface area contributed by atoms with Crippen LogP contribution in [0.4, 0.5) is 21.0 Å². The van der Waals surface area contributed by atoms with Crippen LogP contribution in [-0.4, -0.2) is 120 Å². The summed E-state index contributed by atoms with van der Waals surface area (Å²) in [7, 11) is 2.08. The van der Waals surface area contributed by atoms with Gasteiger partial charge in [-0.15, -0.1) is 0 Å². The van der Waals surface area contributed by atoms with Crippen molar-refractivity contribution < 1.29 is 57.1 Å². The summed E-state index contributed by atoms with van der Waals surface area (Å²) >= 11 is 0. The van der Waals surface area contributed by atoms with Gasteiger partial charge >= 0.3 is 12.2 Å². The van der Waals surface area contributed by atoms with Gasteiger partial charge in [0.05, 0.1) is 75.7 Å². The van der Waals surface area contributed by atoms with E-state index in [1.165, 1.54) is 30.1 Å². The monoisotopic (exact) mass is 952 g/mol. The van der Waals surface area contributed by atoms with Gasteiger partial charge in [0, 0.05) is 24.9 Å². The average Bonchev–Trinajstić information content (AvgIpc) is 3.82. The van der Waals surface area contributed by atoms with Crippen LogP contribution in [0.15, 0.2) is 67.4 Å². The zero-order chi connectivity index (χ0) is 48.7. The third-order valence-electron chi connectivity index (χ3n) is 14.4. The molecule has 1 unspecified atom stereocenters. The van der Waals surface area contributed by atoms with Crippen molar-refractivity contribution in [2.75, 3.05) is 64.0 Å². The van der Waals surface area contributed by atoms with Gasteiger partial charge in [-0.3, -0.25) is 14.5 Å². The highest BCUT2D eigenvalue weighted by Crippen LogP contribution is 2.58. The molecule has 2 fully saturated rings. The van der Waals surface area contributed by atoms with Gasteiger partial charge < -0.3 is 47.8 Å². The van der Waals surface area contributed by atoms with Crippen molar-refractivity contribution in [1.29, 1.82) is 0 Å². The smallest absolute Gasteiger partial charge is 0.414 e. The number of hydrogen-bond donors (Lipinski definition) is 1. The lowest BCUT2D eigenvalue weighted by atomic mass is 10.0. The molecule has 68 heavy (non-hydrogen) atoms. The number of rotatable bonds is 16. The molecule has 0 aromatic heterocycles. The van der Waals surface area contributed by atoms with Crippen LogP contribution < -0.4 is 33.5 Å². The van der Waals surface area contributed by atoms with Crippen molar-refractivity contribution in [2.24, 2.45) is 5.41 Å². The van der Waals surface area contributed by atoms with Gasteiger partial charge in [0.1, 0.15) is 12.4 Å². The van der Waals surface area contributed by atoms with E-state index in [1.807, 2.05) is 35.4 Å². The lowest BCUT2D eigenvalue weighted by molar-refractivity contribution is 0.0541. The first kappa shape index (κ1) is 48.3. The first-order valence-electron chi connectivity index (χ1n) is 23.4. The maximum atomic E-state index is 14.4. The molecule has 3 aromatic carbocycles. The van der Waals surface area contributed by atoms with Crippen LogP contribution in [0, 0.1) is 5.41 Å². The summed E-state index contributed by atoms with van der Waals surface area (Å²) in [4.78, 5) is 61.9. The Hall–Kier alpha value is -6.20. The second kappa shape index (κ2) is 19.1. The maximum Gasteiger partial charge on any atom is 0.414 e. The highest BCUT2D eigenvalue weighted by molar-refractivity contribution is 6.74. The number of anilines is 2. The summed E-state index contributed by atoms with van der Waals surface area (Å²) in [6.45, 7) is 15.5. The first-order chi connectivity index (χ1) is 32.4. The quantitative estimate of drug-likeness (QED) is 0.0822. The molecule has 1 N–H and O–H groups in total. The lowest BCUT2D eigenvalue weighted by Crippen LogP contribution is -2.57. The number of hydrogen-bond acceptors (Lipinski definition) is 11. The number of nitrogens with zero attached hydrogens (tertiary/aromatic N) is 4. The summed E-state index contributed by atoms with van der Waals surface area (Å²) in [6.07, 6.45) is 5.78. The third-order valence-corrected chi connectivity index (χ3v) is 18.9. The molecule has 8 rings (SSSR count). The van der Waals surface area contributed by atoms with Crippen LogP contribution >= 0.6 is 0 Å². The molecule has 1 saturated carbocycles. The largest absolute Gasteiger partial charge is 0.497 e. The van der Waals surface area contributed by atoms with E-state index in [0.29, 0.717) is 73.9 Å². The van der Waals surface area contributed by atoms with Crippen LogP contribution in [0.25, 0.3) is 5.57 Å². The van der Waals surface area contributed by atoms with Crippen molar-refractivity contribution >= 4 is 49.3 Å². The highest BCUT2D eigenvalue weighted by Gasteiger charge is 2.59. The van der Waals surface area contributed by atoms with Crippen LogP contribution in [0.5, 0.6) is 28.7 Å². The topological polar surface area (TPSA) is 166 Å². The number of benzene rings is 3. The minimum absolute atomic E-state index is 0.00218. The SMILES string of the molecule is C=CCOC(=O)N1C[C@@H]2CC(c3ccc(OC)cc3)=CN2C(=O)c2cc(OC)c(OCCCCCOc3cc4c(cc3OC)C(=O)N3CC5(CC5)C[C@H]3C(O[Si](C)(C)C(C)(C)C)N4C(=O)O)cc21. The van der Waals surface area contributed by atoms with Crippen LogP contribution in [0.1, 0.15) is 92.0 Å². The Labute approximate surface area is 399 Å². The van der Waals surface area contributed by atoms with Gasteiger partial charge in [0.15, 0.2) is 37.5 Å². The fraction of sp³-hybridized carbons (Fsp3) is 0.490. The van der Waals surface area contributed by atoms with E-state index < -0.39 is 32.8 Å². The van der Waals surface area contributed by atoms with Crippen molar-refractivity contribution in [3.8, 4) is 28.7 Å². The molecule has 3 atom stereocenters. The van der Waals surface area contributed by atoms with Crippen molar-refractivity contribution in [3.05, 3.63) is 84.1 Å². The number of unbranched alkanes of at least 4 members (excludes halogenated alkanes) is 2. The fourth-order valence-electron chi connectivity index (χ4n) is 9.43. The summed E-state index contributed by atoms with van der Waals surface area (Å²) in [5, 5.41) is 10.7. The first-order valence-corrected chi connectivity index (χ1v) is 26.3. The molecule has 4 amide bonds. The lowest BCUT2D eigenvalue weighted by Gasteiger charge is -2.44. The van der Waals surface area contributed by atoms with Crippen LogP contribution in [-0.2, 0) is 9.16 Å². The number of amides is 4. The number of methoxy groups -OCH3 is 3. The van der Waals surface area contributed by atoms with E-state index in [-0.39, 0.29) is 64.9 Å². The molecule has 1 aliphatic carbocycles. The number of ether oxygens (including phenoxy) is 6. The van der Waals surface area contributed by atoms with Crippen LogP contribution in [0.2, 0.25) is 18.1 Å². The predicted octanol–water partition coefficient (Wildman–Crippen LogP) is 9.58. The maximum absolute atomic E-state index is 14.4. The average molecular weight is 953 g/mol. The van der Waals surface area contributed by atoms with Crippen molar-refractivity contribution in [1.82, 2.24) is 9.80 Å². The molecule has 4 aliphatic heterocycles. The summed E-state index contributed by atoms with van der Waals surface area (Å²) in [5.41, 5.74) is 2.99. The molecule has 17 heteroatoms. The second-order valence-electron chi connectivity index (χ2n) is 19.9. The second-order valence-corrected chi connectivity index (χ2v) is 24.6. The van der Waals surface area contributed by atoms with E-state index >= 15 is 0 Å². The standard InChI is InChI=1S/C51H64N4O12Si/c1-10-20-66-49(60)53-30-34-23-33(32-14-16-35(61-5)17-15-32)29-52(34)45(56)36-24-41(62-6)43(26-38(36)53)64-21-12-11-13-22-65-44-27-39-37(25-42(44)63-7)46(57)54-31-51(18-19-51)28-40(54)47(55(39)48(58)59)67-68(8,9)50(2,3)4/h10,14-17,24-27,29,34,40,47H,1,11-13,18-23,28,30-31H2,2-9H3,(H,58,59)/t34-,40-,47?/m0/s1. The van der Waals surface area contributed by atoms with Crippen molar-refractivity contribution in [3.63, 3.8) is 0 Å². The highest BCUT2D eigenvalue weighted by atomic mass is 28.4. The Kier molecular flexibility index (Phi) is 13.5. The minimum Gasteiger partial charge on any atom is -0.497 e. The van der Waals surface area contributed by atoms with E-state index in [9.17, 15) is 24.3 Å². The number of carboxylic acid groups (broad SMARTS) is 1. The minimum atomic E-state index is -2.53. The van der Waals surface area contributed by atoms with E-state index in [1.54, 1.807) is 36.3 Å². The number of fused-ring (bicyclic) bond motifs is 4. The number of carbonyl (C=O) groups excluding carboxylic acids is 3. The fourth-order valence-corrected chi connectivity index (χ4v) is 10.7. The van der Waals surface area contributed by atoms with Gasteiger partial charge in [0.25, 0.3) is 11.8 Å². The zero-order valence-corrected chi connectivity index (χ0v) is 41.4. The van der Waals surface area contributed by atoms with Gasteiger partial charge in [-0.25, -0.2) is 14.5 Å². The summed E-state index contributed by atoms with van der Waals surface area (Å²) in [5.74, 6) is 1.57. The summed E-state index contributed by atoms with van der Waals surface area (Å²) < 4.78 is 41.8. The molecule has 0 bridgehead atoms. The molecule has 1 saturated heterocycles. The Bertz CT molecular complexity index is 2480. The third kappa shape index (κ3) is 9.34. The van der Waals surface area contributed by atoms with Crippen LogP contribution in [0.3, 0.4) is 0 Å². The molecule has 5 aliphatic rings. The van der Waals surface area contributed by atoms with Crippen molar-refractivity contribution in [2.45, 2.75) is 102 Å². The van der Waals surface area contributed by atoms with Gasteiger partial charge in [-0.05, 0) is 104 Å².